The molecule has 0 spiro atoms. The number of hydrogen-bond acceptors (Lipinski definition) is 3. The zero-order chi connectivity index (χ0) is 14.7. The number of nitrogens with one attached hydrogen (secondary N) is 1. The predicted octanol–water partition coefficient (Wildman–Crippen LogP) is 3.42. The van der Waals surface area contributed by atoms with Gasteiger partial charge in [0.25, 0.3) is 0 Å². The fraction of sp³-hybridized carbons (Fsp3) is 0.333. The Bertz CT molecular complexity index is 607. The third kappa shape index (κ3) is 2.94. The zero-order valence-corrected chi connectivity index (χ0v) is 12.6. The lowest BCUT2D eigenvalue weighted by Gasteiger charge is -2.20. The maximum Gasteiger partial charge on any atom is 0.118 e. The topological polar surface area (TPSA) is 30.5 Å². The highest BCUT2D eigenvalue weighted by Gasteiger charge is 2.17. The smallest absolute Gasteiger partial charge is 0.118 e. The van der Waals surface area contributed by atoms with Gasteiger partial charge in [-0.3, -0.25) is 0 Å². The molecule has 2 aromatic rings. The van der Waals surface area contributed by atoms with Crippen LogP contribution in [0.25, 0.3) is 0 Å². The molecule has 0 radical (unpaired) electrons. The van der Waals surface area contributed by atoms with Crippen LogP contribution in [0.1, 0.15) is 35.2 Å². The van der Waals surface area contributed by atoms with Crippen molar-refractivity contribution in [2.45, 2.75) is 26.2 Å². The van der Waals surface area contributed by atoms with Crippen LogP contribution >= 0.6 is 0 Å². The summed E-state index contributed by atoms with van der Waals surface area (Å²) < 4.78 is 10.7. The van der Waals surface area contributed by atoms with E-state index in [-0.39, 0.29) is 6.04 Å². The van der Waals surface area contributed by atoms with Crippen LogP contribution in [0.15, 0.2) is 42.5 Å². The molecule has 1 aliphatic rings. The van der Waals surface area contributed by atoms with Crippen molar-refractivity contribution in [3.8, 4) is 5.75 Å². The first kappa shape index (κ1) is 14.1. The van der Waals surface area contributed by atoms with Crippen LogP contribution < -0.4 is 10.1 Å². The minimum absolute atomic E-state index is 0.201. The van der Waals surface area contributed by atoms with Crippen LogP contribution in [0.3, 0.4) is 0 Å². The summed E-state index contributed by atoms with van der Waals surface area (Å²) in [6, 6.07) is 15.1. The fourth-order valence-corrected chi connectivity index (χ4v) is 2.80. The van der Waals surface area contributed by atoms with E-state index < -0.39 is 0 Å². The number of hydrogen-bond donors (Lipinski definition) is 1. The highest BCUT2D eigenvalue weighted by molar-refractivity contribution is 5.40. The minimum atomic E-state index is 0.201. The van der Waals surface area contributed by atoms with Crippen molar-refractivity contribution in [1.82, 2.24) is 5.32 Å². The van der Waals surface area contributed by atoms with Crippen molar-refractivity contribution >= 4 is 0 Å². The molecule has 110 valence electrons. The third-order valence-corrected chi connectivity index (χ3v) is 3.94. The second kappa shape index (κ2) is 6.29. The Hall–Kier alpha value is -1.84. The highest BCUT2D eigenvalue weighted by Crippen LogP contribution is 2.28. The van der Waals surface area contributed by atoms with E-state index in [0.29, 0.717) is 0 Å². The Kier molecular flexibility index (Phi) is 4.23. The minimum Gasteiger partial charge on any atom is -0.497 e. The van der Waals surface area contributed by atoms with Gasteiger partial charge < -0.3 is 14.8 Å². The molecule has 0 aliphatic carbocycles. The average molecular weight is 283 g/mol. The summed E-state index contributed by atoms with van der Waals surface area (Å²) in [7, 11) is 1.69. The summed E-state index contributed by atoms with van der Waals surface area (Å²) in [5, 5.41) is 3.56. The van der Waals surface area contributed by atoms with E-state index in [4.69, 9.17) is 9.47 Å². The zero-order valence-electron chi connectivity index (χ0n) is 12.6. The Balaban J connectivity index is 1.93. The van der Waals surface area contributed by atoms with E-state index in [1.165, 1.54) is 22.3 Å². The molecule has 3 heteroatoms. The molecule has 1 aliphatic heterocycles. The Morgan fingerprint density at radius 1 is 1.05 bits per heavy atom. The van der Waals surface area contributed by atoms with Crippen molar-refractivity contribution in [2.24, 2.45) is 0 Å². The Morgan fingerprint density at radius 2 is 1.76 bits per heavy atom. The number of methoxy groups -OCH3 is 1. The molecule has 21 heavy (non-hydrogen) atoms. The number of fused-ring (bicyclic) bond motifs is 1. The molecule has 0 aromatic heterocycles. The van der Waals surface area contributed by atoms with E-state index in [0.717, 1.165) is 25.5 Å². The van der Waals surface area contributed by atoms with E-state index in [1.54, 1.807) is 7.11 Å². The maximum atomic E-state index is 5.51. The van der Waals surface area contributed by atoms with Crippen molar-refractivity contribution in [2.75, 3.05) is 13.7 Å². The first-order valence-electron chi connectivity index (χ1n) is 7.38. The van der Waals surface area contributed by atoms with Gasteiger partial charge in [0, 0.05) is 0 Å². The molecule has 1 heterocycles. The van der Waals surface area contributed by atoms with Gasteiger partial charge in [-0.2, -0.15) is 0 Å². The van der Waals surface area contributed by atoms with Crippen LogP contribution in [-0.4, -0.2) is 13.7 Å². The summed E-state index contributed by atoms with van der Waals surface area (Å²) in [5.41, 5.74) is 5.15. The second-order valence-corrected chi connectivity index (χ2v) is 5.28. The van der Waals surface area contributed by atoms with E-state index >= 15 is 0 Å². The first-order chi connectivity index (χ1) is 10.3. The number of rotatable bonds is 5. The van der Waals surface area contributed by atoms with Gasteiger partial charge in [0.2, 0.25) is 0 Å². The van der Waals surface area contributed by atoms with Crippen LogP contribution in [0, 0.1) is 0 Å². The van der Waals surface area contributed by atoms with Gasteiger partial charge in [0.15, 0.2) is 0 Å². The van der Waals surface area contributed by atoms with Gasteiger partial charge in [-0.05, 0) is 40.9 Å². The summed E-state index contributed by atoms with van der Waals surface area (Å²) in [6.07, 6.45) is 0. The lowest BCUT2D eigenvalue weighted by Crippen LogP contribution is -2.22. The van der Waals surface area contributed by atoms with Gasteiger partial charge in [0.1, 0.15) is 5.75 Å². The number of benzene rings is 2. The molecule has 0 saturated carbocycles. The van der Waals surface area contributed by atoms with Crippen molar-refractivity contribution in [3.05, 3.63) is 64.7 Å². The van der Waals surface area contributed by atoms with Crippen LogP contribution in [0.2, 0.25) is 0 Å². The van der Waals surface area contributed by atoms with E-state index in [1.807, 2.05) is 12.1 Å². The summed E-state index contributed by atoms with van der Waals surface area (Å²) >= 11 is 0. The lowest BCUT2D eigenvalue weighted by molar-refractivity contribution is 0.134. The lowest BCUT2D eigenvalue weighted by atomic mass is 9.95. The standard InChI is InChI=1S/C18H21NO2/c1-3-19-18(13-6-8-17(20-2)9-7-13)14-4-5-15-11-21-12-16(15)10-14/h4-10,18-19H,3,11-12H2,1-2H3. The SMILES string of the molecule is CCNC(c1ccc(OC)cc1)c1ccc2c(c1)COC2. The first-order valence-corrected chi connectivity index (χ1v) is 7.38. The summed E-state index contributed by atoms with van der Waals surface area (Å²) in [4.78, 5) is 0. The van der Waals surface area contributed by atoms with Gasteiger partial charge in [0.05, 0.1) is 26.4 Å². The molecule has 1 atom stereocenters. The molecule has 1 unspecified atom stereocenters. The van der Waals surface area contributed by atoms with Gasteiger partial charge in [-0.15, -0.1) is 0 Å². The molecular weight excluding hydrogens is 262 g/mol. The molecule has 0 fully saturated rings. The van der Waals surface area contributed by atoms with Crippen molar-refractivity contribution < 1.29 is 9.47 Å². The Morgan fingerprint density at radius 3 is 2.48 bits per heavy atom. The van der Waals surface area contributed by atoms with Gasteiger partial charge in [-0.1, -0.05) is 37.3 Å². The van der Waals surface area contributed by atoms with Gasteiger partial charge in [-0.25, -0.2) is 0 Å². The second-order valence-electron chi connectivity index (χ2n) is 5.28. The number of ether oxygens (including phenoxy) is 2. The molecule has 3 nitrogen and oxygen atoms in total. The normalized spacial score (nSPS) is 14.8. The summed E-state index contributed by atoms with van der Waals surface area (Å²) in [6.45, 7) is 4.52. The molecular formula is C18H21NO2. The molecule has 2 aromatic carbocycles. The van der Waals surface area contributed by atoms with Crippen molar-refractivity contribution in [1.29, 1.82) is 0 Å². The molecule has 0 bridgehead atoms. The molecule has 0 amide bonds. The quantitative estimate of drug-likeness (QED) is 0.912. The van der Waals surface area contributed by atoms with Crippen LogP contribution in [0.4, 0.5) is 0 Å². The Labute approximate surface area is 125 Å². The van der Waals surface area contributed by atoms with Crippen LogP contribution in [-0.2, 0) is 18.0 Å². The third-order valence-electron chi connectivity index (χ3n) is 3.94. The van der Waals surface area contributed by atoms with E-state index in [9.17, 15) is 0 Å². The van der Waals surface area contributed by atoms with E-state index in [2.05, 4.69) is 42.6 Å². The van der Waals surface area contributed by atoms with Crippen molar-refractivity contribution in [3.63, 3.8) is 0 Å². The van der Waals surface area contributed by atoms with Gasteiger partial charge >= 0.3 is 0 Å². The molecule has 3 rings (SSSR count). The highest BCUT2D eigenvalue weighted by atomic mass is 16.5. The predicted molar refractivity (Wildman–Crippen MR) is 83.4 cm³/mol. The molecule has 1 N–H and O–H groups in total. The maximum absolute atomic E-state index is 5.51. The monoisotopic (exact) mass is 283 g/mol. The van der Waals surface area contributed by atoms with Crippen LogP contribution in [0.5, 0.6) is 5.75 Å². The average Bonchev–Trinajstić information content (AvgIpc) is 3.00. The summed E-state index contributed by atoms with van der Waals surface area (Å²) in [5.74, 6) is 0.886. The largest absolute Gasteiger partial charge is 0.497 e. The fourth-order valence-electron chi connectivity index (χ4n) is 2.80. The molecule has 0 saturated heterocycles.